The molecule has 0 radical (unpaired) electrons. The number of benzene rings is 1. The van der Waals surface area contributed by atoms with E-state index in [2.05, 4.69) is 9.97 Å². The fourth-order valence-electron chi connectivity index (χ4n) is 1.41. The predicted molar refractivity (Wildman–Crippen MR) is 58.5 cm³/mol. The molecule has 86 valence electrons. The van der Waals surface area contributed by atoms with Gasteiger partial charge in [0.15, 0.2) is 0 Å². The molecule has 0 aliphatic carbocycles. The lowest BCUT2D eigenvalue weighted by molar-refractivity contribution is -0.384. The first-order valence-electron chi connectivity index (χ1n) is 4.60. The van der Waals surface area contributed by atoms with E-state index in [1.54, 1.807) is 0 Å². The van der Waals surface area contributed by atoms with Gasteiger partial charge in [-0.1, -0.05) is 0 Å². The number of nitrogen functional groups attached to an aromatic ring is 1. The molecule has 0 saturated carbocycles. The molecule has 1 aromatic heterocycles. The zero-order valence-corrected chi connectivity index (χ0v) is 8.50. The second kappa shape index (κ2) is 4.12. The Morgan fingerprint density at radius 2 is 2.00 bits per heavy atom. The second-order valence-electron chi connectivity index (χ2n) is 3.21. The highest BCUT2D eigenvalue weighted by Crippen LogP contribution is 2.31. The lowest BCUT2D eigenvalue weighted by atomic mass is 10.1. The van der Waals surface area contributed by atoms with Gasteiger partial charge in [-0.05, 0) is 12.1 Å². The second-order valence-corrected chi connectivity index (χ2v) is 3.21. The van der Waals surface area contributed by atoms with Crippen molar-refractivity contribution in [2.75, 3.05) is 5.73 Å². The van der Waals surface area contributed by atoms with Gasteiger partial charge in [0.1, 0.15) is 17.3 Å². The Labute approximate surface area is 95.1 Å². The summed E-state index contributed by atoms with van der Waals surface area (Å²) in [4.78, 5) is 17.8. The third-order valence-electron chi connectivity index (χ3n) is 2.14. The molecule has 0 aliphatic rings. The fraction of sp³-hybridized carbons (Fsp3) is 0. The van der Waals surface area contributed by atoms with E-state index >= 15 is 0 Å². The topological polar surface area (TPSA) is 94.9 Å². The first-order valence-corrected chi connectivity index (χ1v) is 4.60. The van der Waals surface area contributed by atoms with Crippen molar-refractivity contribution < 1.29 is 9.31 Å². The van der Waals surface area contributed by atoms with Crippen LogP contribution in [-0.4, -0.2) is 14.9 Å². The van der Waals surface area contributed by atoms with Crippen LogP contribution >= 0.6 is 0 Å². The van der Waals surface area contributed by atoms with Crippen LogP contribution in [-0.2, 0) is 0 Å². The summed E-state index contributed by atoms with van der Waals surface area (Å²) < 4.78 is 13.1. The Hall–Kier alpha value is -2.57. The van der Waals surface area contributed by atoms with Crippen molar-refractivity contribution in [3.05, 3.63) is 46.5 Å². The summed E-state index contributed by atoms with van der Waals surface area (Å²) in [6.45, 7) is 0. The standard InChI is InChI=1S/C10H7FN4O2/c11-6-1-2-8(15(16)17)7(5-6)9-10(12)14-4-3-13-9/h1-5H,(H2,12,14). The first kappa shape index (κ1) is 10.9. The maximum Gasteiger partial charge on any atom is 0.279 e. The van der Waals surface area contributed by atoms with E-state index in [9.17, 15) is 14.5 Å². The highest BCUT2D eigenvalue weighted by Gasteiger charge is 2.19. The maximum atomic E-state index is 13.1. The molecule has 17 heavy (non-hydrogen) atoms. The van der Waals surface area contributed by atoms with Crippen LogP contribution in [0.3, 0.4) is 0 Å². The zero-order valence-electron chi connectivity index (χ0n) is 8.50. The monoisotopic (exact) mass is 234 g/mol. The molecule has 1 heterocycles. The molecule has 0 saturated heterocycles. The highest BCUT2D eigenvalue weighted by molar-refractivity contribution is 5.77. The number of nitro groups is 1. The summed E-state index contributed by atoms with van der Waals surface area (Å²) in [6, 6.07) is 3.09. The molecule has 2 aromatic rings. The van der Waals surface area contributed by atoms with Crippen molar-refractivity contribution in [3.63, 3.8) is 0 Å². The van der Waals surface area contributed by atoms with Gasteiger partial charge in [0, 0.05) is 18.5 Å². The number of halogens is 1. The van der Waals surface area contributed by atoms with Crippen LogP contribution in [0, 0.1) is 15.9 Å². The molecule has 2 rings (SSSR count). The molecular weight excluding hydrogens is 227 g/mol. The molecule has 7 heteroatoms. The number of hydrogen-bond acceptors (Lipinski definition) is 5. The molecule has 0 unspecified atom stereocenters. The summed E-state index contributed by atoms with van der Waals surface area (Å²) >= 11 is 0. The zero-order chi connectivity index (χ0) is 12.4. The molecule has 0 spiro atoms. The van der Waals surface area contributed by atoms with Gasteiger partial charge in [-0.25, -0.2) is 9.37 Å². The first-order chi connectivity index (χ1) is 8.09. The summed E-state index contributed by atoms with van der Waals surface area (Å²) in [6.07, 6.45) is 2.68. The highest BCUT2D eigenvalue weighted by atomic mass is 19.1. The molecule has 0 atom stereocenters. The van der Waals surface area contributed by atoms with Gasteiger partial charge in [-0.3, -0.25) is 15.1 Å². The molecule has 2 N–H and O–H groups in total. The van der Waals surface area contributed by atoms with Crippen LogP contribution in [0.4, 0.5) is 15.9 Å². The predicted octanol–water partition coefficient (Wildman–Crippen LogP) is 1.77. The van der Waals surface area contributed by atoms with E-state index in [1.807, 2.05) is 0 Å². The summed E-state index contributed by atoms with van der Waals surface area (Å²) in [5, 5.41) is 10.8. The van der Waals surface area contributed by atoms with Crippen LogP contribution < -0.4 is 5.73 Å². The van der Waals surface area contributed by atoms with Gasteiger partial charge in [0.2, 0.25) is 0 Å². The largest absolute Gasteiger partial charge is 0.382 e. The van der Waals surface area contributed by atoms with Gasteiger partial charge in [-0.2, -0.15) is 0 Å². The van der Waals surface area contributed by atoms with Crippen molar-refractivity contribution in [2.24, 2.45) is 0 Å². The fourth-order valence-corrected chi connectivity index (χ4v) is 1.41. The number of nitro benzene ring substituents is 1. The van der Waals surface area contributed by atoms with Gasteiger partial charge in [0.05, 0.1) is 10.5 Å². The Morgan fingerprint density at radius 3 is 2.65 bits per heavy atom. The minimum atomic E-state index is -0.622. The molecular formula is C10H7FN4O2. The summed E-state index contributed by atoms with van der Waals surface area (Å²) in [5.74, 6) is -0.586. The Kier molecular flexibility index (Phi) is 2.65. The van der Waals surface area contributed by atoms with Crippen LogP contribution in [0.2, 0.25) is 0 Å². The van der Waals surface area contributed by atoms with Crippen LogP contribution in [0.25, 0.3) is 11.3 Å². The molecule has 1 aromatic carbocycles. The SMILES string of the molecule is Nc1nccnc1-c1cc(F)ccc1[N+](=O)[O-]. The number of aromatic nitrogens is 2. The van der Waals surface area contributed by atoms with Crippen molar-refractivity contribution in [1.29, 1.82) is 0 Å². The van der Waals surface area contributed by atoms with Crippen LogP contribution in [0.1, 0.15) is 0 Å². The lowest BCUT2D eigenvalue weighted by Crippen LogP contribution is -1.99. The quantitative estimate of drug-likeness (QED) is 0.631. The van der Waals surface area contributed by atoms with E-state index in [4.69, 9.17) is 5.73 Å². The van der Waals surface area contributed by atoms with E-state index < -0.39 is 10.7 Å². The minimum absolute atomic E-state index is 0.0144. The van der Waals surface area contributed by atoms with E-state index in [1.165, 1.54) is 12.4 Å². The van der Waals surface area contributed by atoms with E-state index in [0.717, 1.165) is 18.2 Å². The average molecular weight is 234 g/mol. The molecule has 0 fully saturated rings. The van der Waals surface area contributed by atoms with Gasteiger partial charge >= 0.3 is 0 Å². The average Bonchev–Trinajstić information content (AvgIpc) is 2.29. The molecule has 0 amide bonds. The van der Waals surface area contributed by atoms with Crippen LogP contribution in [0.15, 0.2) is 30.6 Å². The molecule has 0 aliphatic heterocycles. The van der Waals surface area contributed by atoms with Gasteiger partial charge < -0.3 is 5.73 Å². The number of nitrogens with zero attached hydrogens (tertiary/aromatic N) is 3. The van der Waals surface area contributed by atoms with E-state index in [0.29, 0.717) is 0 Å². The number of anilines is 1. The third kappa shape index (κ3) is 2.03. The normalized spacial score (nSPS) is 10.2. The summed E-state index contributed by atoms with van der Waals surface area (Å²) in [5.41, 5.74) is 5.40. The smallest absolute Gasteiger partial charge is 0.279 e. The van der Waals surface area contributed by atoms with E-state index in [-0.39, 0.29) is 22.8 Å². The number of hydrogen-bond donors (Lipinski definition) is 1. The van der Waals surface area contributed by atoms with Gasteiger partial charge in [0.25, 0.3) is 5.69 Å². The number of nitrogens with two attached hydrogens (primary N) is 1. The van der Waals surface area contributed by atoms with Gasteiger partial charge in [-0.15, -0.1) is 0 Å². The Bertz CT molecular complexity index is 588. The van der Waals surface area contributed by atoms with Crippen molar-refractivity contribution in [2.45, 2.75) is 0 Å². The summed E-state index contributed by atoms with van der Waals surface area (Å²) in [7, 11) is 0. The number of rotatable bonds is 2. The lowest BCUT2D eigenvalue weighted by Gasteiger charge is -2.04. The Morgan fingerprint density at radius 1 is 1.29 bits per heavy atom. The Balaban J connectivity index is 2.70. The minimum Gasteiger partial charge on any atom is -0.382 e. The molecule has 6 nitrogen and oxygen atoms in total. The maximum absolute atomic E-state index is 13.1. The van der Waals surface area contributed by atoms with Crippen LogP contribution in [0.5, 0.6) is 0 Å². The van der Waals surface area contributed by atoms with Crippen molar-refractivity contribution >= 4 is 11.5 Å². The van der Waals surface area contributed by atoms with Crippen molar-refractivity contribution in [1.82, 2.24) is 9.97 Å². The molecule has 0 bridgehead atoms. The third-order valence-corrected chi connectivity index (χ3v) is 2.14. The van der Waals surface area contributed by atoms with Crippen molar-refractivity contribution in [3.8, 4) is 11.3 Å².